The summed E-state index contributed by atoms with van der Waals surface area (Å²) in [4.78, 5) is 21.7. The highest BCUT2D eigenvalue weighted by Gasteiger charge is 2.04. The summed E-state index contributed by atoms with van der Waals surface area (Å²) in [6, 6.07) is 12.5. The number of nitrogens with zero attached hydrogens (tertiary/aromatic N) is 1. The van der Waals surface area contributed by atoms with E-state index in [0.717, 1.165) is 0 Å². The van der Waals surface area contributed by atoms with Gasteiger partial charge in [-0.2, -0.15) is 0 Å². The van der Waals surface area contributed by atoms with Crippen molar-refractivity contribution in [2.75, 3.05) is 7.11 Å². The summed E-state index contributed by atoms with van der Waals surface area (Å²) in [5, 5.41) is 10.5. The number of hydrogen-bond donors (Lipinski definition) is 0. The van der Waals surface area contributed by atoms with Gasteiger partial charge in [-0.15, -0.1) is 0 Å². The van der Waals surface area contributed by atoms with Crippen LogP contribution in [0.25, 0.3) is 6.08 Å². The summed E-state index contributed by atoms with van der Waals surface area (Å²) in [5.74, 6) is 0.531. The molecule has 0 radical (unpaired) electrons. The Morgan fingerprint density at radius 3 is 2.18 bits per heavy atom. The highest BCUT2D eigenvalue weighted by molar-refractivity contribution is 5.88. The average Bonchev–Trinajstić information content (AvgIpc) is 2.54. The lowest BCUT2D eigenvalue weighted by atomic mass is 10.2. The minimum Gasteiger partial charge on any atom is -0.497 e. The lowest BCUT2D eigenvalue weighted by Crippen LogP contribution is -2.03. The van der Waals surface area contributed by atoms with Crippen molar-refractivity contribution in [3.05, 3.63) is 70.3 Å². The number of non-ortho nitro benzene ring substituents is 1. The zero-order valence-electron chi connectivity index (χ0n) is 11.8. The maximum atomic E-state index is 11.7. The Hall–Kier alpha value is -3.15. The van der Waals surface area contributed by atoms with E-state index < -0.39 is 10.9 Å². The highest BCUT2D eigenvalue weighted by Crippen LogP contribution is 2.17. The number of hydrogen-bond acceptors (Lipinski definition) is 5. The predicted octanol–water partition coefficient (Wildman–Crippen LogP) is 3.22. The van der Waals surface area contributed by atoms with Crippen LogP contribution in [0.3, 0.4) is 0 Å². The number of esters is 1. The van der Waals surface area contributed by atoms with Gasteiger partial charge in [-0.25, -0.2) is 4.79 Å². The van der Waals surface area contributed by atoms with E-state index in [2.05, 4.69) is 0 Å². The summed E-state index contributed by atoms with van der Waals surface area (Å²) in [6.07, 6.45) is 2.78. The van der Waals surface area contributed by atoms with Gasteiger partial charge in [0.1, 0.15) is 11.5 Å². The van der Waals surface area contributed by atoms with Crippen molar-refractivity contribution in [1.29, 1.82) is 0 Å². The van der Waals surface area contributed by atoms with Gasteiger partial charge in [0.25, 0.3) is 5.69 Å². The first-order chi connectivity index (χ1) is 10.6. The largest absolute Gasteiger partial charge is 0.497 e. The molecule has 0 aromatic heterocycles. The number of ether oxygens (including phenoxy) is 2. The van der Waals surface area contributed by atoms with Crippen LogP contribution in [0.1, 0.15) is 5.56 Å². The number of benzene rings is 2. The first-order valence-corrected chi connectivity index (χ1v) is 6.37. The second-order valence-corrected chi connectivity index (χ2v) is 4.28. The monoisotopic (exact) mass is 299 g/mol. The van der Waals surface area contributed by atoms with E-state index in [0.29, 0.717) is 17.1 Å². The summed E-state index contributed by atoms with van der Waals surface area (Å²) < 4.78 is 10.1. The van der Waals surface area contributed by atoms with Gasteiger partial charge in [-0.05, 0) is 48.0 Å². The van der Waals surface area contributed by atoms with Gasteiger partial charge in [0.15, 0.2) is 0 Å². The molecule has 0 N–H and O–H groups in total. The SMILES string of the molecule is COc1ccc(OC(=O)/C=C/c2ccc([N+](=O)[O-])cc2)cc1. The van der Waals surface area contributed by atoms with Gasteiger partial charge in [0.05, 0.1) is 12.0 Å². The standard InChI is InChI=1S/C16H13NO5/c1-21-14-7-9-15(10-8-14)22-16(18)11-4-12-2-5-13(6-3-12)17(19)20/h2-11H,1H3/b11-4+. The third-order valence-electron chi connectivity index (χ3n) is 2.79. The van der Waals surface area contributed by atoms with Crippen molar-refractivity contribution in [3.63, 3.8) is 0 Å². The fourth-order valence-electron chi connectivity index (χ4n) is 1.67. The van der Waals surface area contributed by atoms with Crippen LogP contribution < -0.4 is 9.47 Å². The molecule has 6 heteroatoms. The molecule has 0 fully saturated rings. The summed E-state index contributed by atoms with van der Waals surface area (Å²) in [6.45, 7) is 0. The van der Waals surface area contributed by atoms with Crippen LogP contribution in [-0.2, 0) is 4.79 Å². The minimum absolute atomic E-state index is 0.00189. The first-order valence-electron chi connectivity index (χ1n) is 6.37. The molecule has 2 rings (SSSR count). The molecule has 0 saturated heterocycles. The summed E-state index contributed by atoms with van der Waals surface area (Å²) >= 11 is 0. The van der Waals surface area contributed by atoms with E-state index in [4.69, 9.17) is 9.47 Å². The van der Waals surface area contributed by atoms with E-state index in [-0.39, 0.29) is 5.69 Å². The van der Waals surface area contributed by atoms with Crippen molar-refractivity contribution in [1.82, 2.24) is 0 Å². The molecule has 22 heavy (non-hydrogen) atoms. The number of nitro benzene ring substituents is 1. The molecule has 0 unspecified atom stereocenters. The molecule has 0 amide bonds. The Bertz CT molecular complexity index is 689. The molecule has 0 saturated carbocycles. The fraction of sp³-hybridized carbons (Fsp3) is 0.0625. The van der Waals surface area contributed by atoms with Crippen molar-refractivity contribution in [2.45, 2.75) is 0 Å². The van der Waals surface area contributed by atoms with E-state index in [9.17, 15) is 14.9 Å². The summed E-state index contributed by atoms with van der Waals surface area (Å²) in [5.41, 5.74) is 0.662. The van der Waals surface area contributed by atoms with Gasteiger partial charge < -0.3 is 9.47 Å². The third kappa shape index (κ3) is 4.17. The number of carbonyl (C=O) groups is 1. The summed E-state index contributed by atoms with van der Waals surface area (Å²) in [7, 11) is 1.55. The van der Waals surface area contributed by atoms with Gasteiger partial charge in [0.2, 0.25) is 0 Å². The van der Waals surface area contributed by atoms with E-state index in [1.54, 1.807) is 43.5 Å². The predicted molar refractivity (Wildman–Crippen MR) is 80.8 cm³/mol. The van der Waals surface area contributed by atoms with Crippen molar-refractivity contribution in [2.24, 2.45) is 0 Å². The second kappa shape index (κ2) is 7.03. The van der Waals surface area contributed by atoms with Crippen LogP contribution in [0, 0.1) is 10.1 Å². The van der Waals surface area contributed by atoms with Crippen LogP contribution >= 0.6 is 0 Å². The molecule has 0 heterocycles. The maximum Gasteiger partial charge on any atom is 0.336 e. The van der Waals surface area contributed by atoms with Crippen LogP contribution in [-0.4, -0.2) is 18.0 Å². The van der Waals surface area contributed by atoms with Crippen molar-refractivity contribution >= 4 is 17.7 Å². The Morgan fingerprint density at radius 2 is 1.64 bits per heavy atom. The minimum atomic E-state index is -0.538. The van der Waals surface area contributed by atoms with Crippen molar-refractivity contribution < 1.29 is 19.2 Å². The topological polar surface area (TPSA) is 78.7 Å². The van der Waals surface area contributed by atoms with Gasteiger partial charge in [0, 0.05) is 18.2 Å². The molecule has 0 aliphatic rings. The van der Waals surface area contributed by atoms with Crippen LogP contribution in [0.5, 0.6) is 11.5 Å². The molecule has 0 atom stereocenters. The van der Waals surface area contributed by atoms with Gasteiger partial charge in [-0.1, -0.05) is 0 Å². The molecular weight excluding hydrogens is 286 g/mol. The number of methoxy groups -OCH3 is 1. The second-order valence-electron chi connectivity index (χ2n) is 4.28. The Labute approximate surface area is 126 Å². The molecule has 2 aromatic carbocycles. The van der Waals surface area contributed by atoms with Crippen LogP contribution in [0.4, 0.5) is 5.69 Å². The molecule has 0 aliphatic carbocycles. The van der Waals surface area contributed by atoms with Crippen LogP contribution in [0.15, 0.2) is 54.6 Å². The van der Waals surface area contributed by atoms with E-state index in [1.807, 2.05) is 0 Å². The normalized spacial score (nSPS) is 10.4. The molecule has 0 aliphatic heterocycles. The Kier molecular flexibility index (Phi) is 4.87. The van der Waals surface area contributed by atoms with Gasteiger partial charge >= 0.3 is 5.97 Å². The molecular formula is C16H13NO5. The zero-order chi connectivity index (χ0) is 15.9. The van der Waals surface area contributed by atoms with Crippen molar-refractivity contribution in [3.8, 4) is 11.5 Å². The maximum absolute atomic E-state index is 11.7. The quantitative estimate of drug-likeness (QED) is 0.278. The lowest BCUT2D eigenvalue weighted by Gasteiger charge is -2.02. The molecule has 112 valence electrons. The van der Waals surface area contributed by atoms with Gasteiger partial charge in [-0.3, -0.25) is 10.1 Å². The zero-order valence-corrected chi connectivity index (χ0v) is 11.8. The number of carbonyl (C=O) groups excluding carboxylic acids is 1. The Balaban J connectivity index is 1.96. The average molecular weight is 299 g/mol. The fourth-order valence-corrected chi connectivity index (χ4v) is 1.67. The number of rotatable bonds is 5. The van der Waals surface area contributed by atoms with E-state index in [1.165, 1.54) is 24.3 Å². The molecule has 0 spiro atoms. The smallest absolute Gasteiger partial charge is 0.336 e. The number of nitro groups is 1. The third-order valence-corrected chi connectivity index (χ3v) is 2.79. The first kappa shape index (κ1) is 15.2. The molecule has 0 bridgehead atoms. The Morgan fingerprint density at radius 1 is 1.05 bits per heavy atom. The highest BCUT2D eigenvalue weighted by atomic mass is 16.6. The lowest BCUT2D eigenvalue weighted by molar-refractivity contribution is -0.384. The molecule has 6 nitrogen and oxygen atoms in total. The van der Waals surface area contributed by atoms with E-state index >= 15 is 0 Å². The molecule has 2 aromatic rings. The van der Waals surface area contributed by atoms with Crippen LogP contribution in [0.2, 0.25) is 0 Å².